The maximum absolute atomic E-state index is 13.1. The summed E-state index contributed by atoms with van der Waals surface area (Å²) in [6.07, 6.45) is 3.78. The Labute approximate surface area is 139 Å². The average Bonchev–Trinajstić information content (AvgIpc) is 2.84. The lowest BCUT2D eigenvalue weighted by Crippen LogP contribution is -2.46. The van der Waals surface area contributed by atoms with Crippen LogP contribution in [-0.4, -0.2) is 33.0 Å². The van der Waals surface area contributed by atoms with E-state index in [4.69, 9.17) is 0 Å². The molecule has 2 aliphatic heterocycles. The predicted octanol–water partition coefficient (Wildman–Crippen LogP) is 3.48. The summed E-state index contributed by atoms with van der Waals surface area (Å²) < 4.78 is 13.1. The summed E-state index contributed by atoms with van der Waals surface area (Å²) in [5.74, 6) is -0.0843. The molecule has 124 valence electrons. The monoisotopic (exact) mass is 326 g/mol. The summed E-state index contributed by atoms with van der Waals surface area (Å²) >= 11 is 0. The van der Waals surface area contributed by atoms with Crippen molar-refractivity contribution < 1.29 is 14.3 Å². The Morgan fingerprint density at radius 3 is 2.38 bits per heavy atom. The molecule has 2 aromatic rings. The fourth-order valence-electron chi connectivity index (χ4n) is 4.19. The smallest absolute Gasteiger partial charge is 0.273 e. The highest BCUT2D eigenvalue weighted by Crippen LogP contribution is 2.43. The molecule has 2 bridgehead atoms. The summed E-state index contributed by atoms with van der Waals surface area (Å²) in [7, 11) is 0. The number of rotatable bonds is 2. The third-order valence-electron chi connectivity index (χ3n) is 5.26. The average molecular weight is 326 g/mol. The lowest BCUT2D eigenvalue weighted by molar-refractivity contribution is 0.0564. The number of halogens is 1. The molecule has 1 amide bonds. The van der Waals surface area contributed by atoms with Crippen molar-refractivity contribution in [3.8, 4) is 5.88 Å². The molecule has 0 spiro atoms. The molecule has 3 heterocycles. The molecular weight excluding hydrogens is 307 g/mol. The standard InChI is InChI=1S/C19H19FN2O2/c20-14-6-4-12(5-7-14)13-10-15-8-9-16(11-13)22(15)19(24)17-2-1-3-18(23)21-17/h1-7,13,15-16H,8-11H2,(H,21,23). The number of aromatic hydroxyl groups is 1. The Kier molecular flexibility index (Phi) is 3.71. The van der Waals surface area contributed by atoms with E-state index in [1.807, 2.05) is 17.0 Å². The number of hydrogen-bond acceptors (Lipinski definition) is 3. The maximum Gasteiger partial charge on any atom is 0.273 e. The Balaban J connectivity index is 1.55. The number of fused-ring (bicyclic) bond motifs is 2. The number of aromatic nitrogens is 1. The normalized spacial score (nSPS) is 25.7. The van der Waals surface area contributed by atoms with Gasteiger partial charge in [-0.2, -0.15) is 0 Å². The Morgan fingerprint density at radius 2 is 1.75 bits per heavy atom. The van der Waals surface area contributed by atoms with E-state index in [-0.39, 0.29) is 29.7 Å². The molecule has 2 atom stereocenters. The third kappa shape index (κ3) is 2.64. The predicted molar refractivity (Wildman–Crippen MR) is 87.3 cm³/mol. The molecule has 1 aromatic carbocycles. The topological polar surface area (TPSA) is 53.4 Å². The second-order valence-electron chi connectivity index (χ2n) is 6.70. The lowest BCUT2D eigenvalue weighted by atomic mass is 9.85. The van der Waals surface area contributed by atoms with Gasteiger partial charge in [-0.1, -0.05) is 18.2 Å². The maximum atomic E-state index is 13.1. The Bertz CT molecular complexity index is 748. The molecule has 5 heteroatoms. The zero-order valence-electron chi connectivity index (χ0n) is 13.2. The van der Waals surface area contributed by atoms with E-state index < -0.39 is 0 Å². The van der Waals surface area contributed by atoms with Crippen LogP contribution in [0.5, 0.6) is 5.88 Å². The third-order valence-corrected chi connectivity index (χ3v) is 5.26. The van der Waals surface area contributed by atoms with E-state index in [0.717, 1.165) is 31.2 Å². The van der Waals surface area contributed by atoms with E-state index in [2.05, 4.69) is 4.98 Å². The Morgan fingerprint density at radius 1 is 1.08 bits per heavy atom. The van der Waals surface area contributed by atoms with Crippen molar-refractivity contribution in [1.82, 2.24) is 9.88 Å². The van der Waals surface area contributed by atoms with E-state index in [1.165, 1.54) is 18.2 Å². The van der Waals surface area contributed by atoms with Crippen LogP contribution in [0, 0.1) is 5.82 Å². The first kappa shape index (κ1) is 15.1. The van der Waals surface area contributed by atoms with Gasteiger partial charge in [0, 0.05) is 18.2 Å². The zero-order chi connectivity index (χ0) is 16.7. The van der Waals surface area contributed by atoms with Gasteiger partial charge in [0.2, 0.25) is 5.88 Å². The van der Waals surface area contributed by atoms with Gasteiger partial charge in [0.1, 0.15) is 11.5 Å². The highest BCUT2D eigenvalue weighted by molar-refractivity contribution is 5.93. The lowest BCUT2D eigenvalue weighted by Gasteiger charge is -2.39. The number of nitrogens with zero attached hydrogens (tertiary/aromatic N) is 2. The van der Waals surface area contributed by atoms with Crippen molar-refractivity contribution in [2.45, 2.75) is 43.7 Å². The summed E-state index contributed by atoms with van der Waals surface area (Å²) in [4.78, 5) is 18.7. The zero-order valence-corrected chi connectivity index (χ0v) is 13.2. The number of carbonyl (C=O) groups excluding carboxylic acids is 1. The van der Waals surface area contributed by atoms with Crippen molar-refractivity contribution >= 4 is 5.91 Å². The van der Waals surface area contributed by atoms with E-state index in [9.17, 15) is 14.3 Å². The molecule has 2 unspecified atom stereocenters. The van der Waals surface area contributed by atoms with Gasteiger partial charge in [-0.25, -0.2) is 9.37 Å². The number of amides is 1. The molecule has 0 radical (unpaired) electrons. The fraction of sp³-hybridized carbons (Fsp3) is 0.368. The highest BCUT2D eigenvalue weighted by atomic mass is 19.1. The highest BCUT2D eigenvalue weighted by Gasteiger charge is 2.44. The minimum atomic E-state index is -0.218. The van der Waals surface area contributed by atoms with Crippen LogP contribution in [0.1, 0.15) is 47.7 Å². The molecule has 1 aromatic heterocycles. The number of piperidine rings is 1. The van der Waals surface area contributed by atoms with Gasteiger partial charge in [-0.15, -0.1) is 0 Å². The number of benzene rings is 1. The largest absolute Gasteiger partial charge is 0.493 e. The second kappa shape index (κ2) is 5.89. The van der Waals surface area contributed by atoms with E-state index in [0.29, 0.717) is 11.6 Å². The first-order valence-electron chi connectivity index (χ1n) is 8.36. The van der Waals surface area contributed by atoms with Crippen molar-refractivity contribution in [2.75, 3.05) is 0 Å². The molecule has 4 nitrogen and oxygen atoms in total. The van der Waals surface area contributed by atoms with Gasteiger partial charge in [-0.05, 0) is 55.4 Å². The number of carbonyl (C=O) groups is 1. The van der Waals surface area contributed by atoms with Gasteiger partial charge in [0.15, 0.2) is 0 Å². The summed E-state index contributed by atoms with van der Waals surface area (Å²) in [6.45, 7) is 0. The number of hydrogen-bond donors (Lipinski definition) is 1. The molecule has 0 saturated carbocycles. The second-order valence-corrected chi connectivity index (χ2v) is 6.70. The SMILES string of the molecule is O=C(c1cccc(O)n1)N1C2CCC1CC(c1ccc(F)cc1)C2. The van der Waals surface area contributed by atoms with Crippen LogP contribution < -0.4 is 0 Å². The fourth-order valence-corrected chi connectivity index (χ4v) is 4.19. The van der Waals surface area contributed by atoms with Crippen LogP contribution in [0.4, 0.5) is 4.39 Å². The molecule has 24 heavy (non-hydrogen) atoms. The summed E-state index contributed by atoms with van der Waals surface area (Å²) in [6, 6.07) is 11.9. The van der Waals surface area contributed by atoms with Gasteiger partial charge >= 0.3 is 0 Å². The first-order valence-corrected chi connectivity index (χ1v) is 8.36. The molecule has 2 aliphatic rings. The number of pyridine rings is 1. The molecule has 2 saturated heterocycles. The minimum absolute atomic E-state index is 0.101. The molecule has 2 fully saturated rings. The van der Waals surface area contributed by atoms with Gasteiger partial charge in [0.05, 0.1) is 0 Å². The van der Waals surface area contributed by atoms with Crippen molar-refractivity contribution in [3.05, 3.63) is 59.5 Å². The molecule has 0 aliphatic carbocycles. The summed E-state index contributed by atoms with van der Waals surface area (Å²) in [5, 5.41) is 9.51. The first-order chi connectivity index (χ1) is 11.6. The van der Waals surface area contributed by atoms with Crippen molar-refractivity contribution in [3.63, 3.8) is 0 Å². The van der Waals surface area contributed by atoms with E-state index >= 15 is 0 Å². The molecule has 1 N–H and O–H groups in total. The van der Waals surface area contributed by atoms with Gasteiger partial charge < -0.3 is 10.0 Å². The van der Waals surface area contributed by atoms with Crippen LogP contribution in [0.15, 0.2) is 42.5 Å². The van der Waals surface area contributed by atoms with Crippen LogP contribution in [-0.2, 0) is 0 Å². The van der Waals surface area contributed by atoms with Crippen LogP contribution >= 0.6 is 0 Å². The molecule has 4 rings (SSSR count). The Hall–Kier alpha value is -2.43. The van der Waals surface area contributed by atoms with Gasteiger partial charge in [-0.3, -0.25) is 4.79 Å². The van der Waals surface area contributed by atoms with Crippen molar-refractivity contribution in [2.24, 2.45) is 0 Å². The van der Waals surface area contributed by atoms with Crippen molar-refractivity contribution in [1.29, 1.82) is 0 Å². The molecular formula is C19H19FN2O2. The minimum Gasteiger partial charge on any atom is -0.493 e. The van der Waals surface area contributed by atoms with Gasteiger partial charge in [0.25, 0.3) is 5.91 Å². The van der Waals surface area contributed by atoms with Crippen LogP contribution in [0.3, 0.4) is 0 Å². The quantitative estimate of drug-likeness (QED) is 0.919. The van der Waals surface area contributed by atoms with Crippen LogP contribution in [0.25, 0.3) is 0 Å². The summed E-state index contributed by atoms with van der Waals surface area (Å²) in [5.41, 5.74) is 1.45. The van der Waals surface area contributed by atoms with Crippen LogP contribution in [0.2, 0.25) is 0 Å². The van der Waals surface area contributed by atoms with E-state index in [1.54, 1.807) is 12.1 Å².